The minimum atomic E-state index is -1.00. The van der Waals surface area contributed by atoms with Gasteiger partial charge in [0.25, 0.3) is 0 Å². The van der Waals surface area contributed by atoms with Crippen LogP contribution in [0.2, 0.25) is 0 Å². The third-order valence-corrected chi connectivity index (χ3v) is 1.96. The zero-order valence-electron chi connectivity index (χ0n) is 6.02. The van der Waals surface area contributed by atoms with Crippen molar-refractivity contribution < 1.29 is 9.90 Å². The fourth-order valence-electron chi connectivity index (χ4n) is 0.742. The summed E-state index contributed by atoms with van der Waals surface area (Å²) in [6, 6.07) is 8.51. The lowest BCUT2D eigenvalue weighted by Gasteiger charge is -1.96. The average molecular weight is 179 g/mol. The van der Waals surface area contributed by atoms with E-state index in [1.54, 1.807) is 24.3 Å². The topological polar surface area (TPSA) is 61.1 Å². The summed E-state index contributed by atoms with van der Waals surface area (Å²) in [6.45, 7) is 0. The number of nitriles is 1. The van der Waals surface area contributed by atoms with Crippen LogP contribution in [-0.2, 0) is 0 Å². The second-order valence-corrected chi connectivity index (χ2v) is 2.97. The van der Waals surface area contributed by atoms with E-state index >= 15 is 0 Å². The highest BCUT2D eigenvalue weighted by Crippen LogP contribution is 2.21. The van der Waals surface area contributed by atoms with Crippen molar-refractivity contribution in [1.29, 1.82) is 5.26 Å². The highest BCUT2D eigenvalue weighted by Gasteiger charge is 2.05. The van der Waals surface area contributed by atoms with Crippen LogP contribution in [-0.4, -0.2) is 10.4 Å². The van der Waals surface area contributed by atoms with Gasteiger partial charge in [-0.15, -0.1) is 0 Å². The van der Waals surface area contributed by atoms with Gasteiger partial charge in [0.1, 0.15) is 6.07 Å². The molecule has 0 amide bonds. The van der Waals surface area contributed by atoms with Crippen molar-refractivity contribution in [2.75, 3.05) is 0 Å². The predicted octanol–water partition coefficient (Wildman–Crippen LogP) is 2.33. The first-order valence-corrected chi connectivity index (χ1v) is 3.95. The summed E-state index contributed by atoms with van der Waals surface area (Å²) in [4.78, 5) is 10.8. The standard InChI is InChI=1S/C8H5NO2S/c9-5-6-3-1-2-4-7(6)12-8(10)11/h1-4H,(H,10,11). The van der Waals surface area contributed by atoms with Gasteiger partial charge in [-0.3, -0.25) is 0 Å². The lowest BCUT2D eigenvalue weighted by molar-refractivity contribution is 0.222. The molecule has 0 atom stereocenters. The van der Waals surface area contributed by atoms with Crippen molar-refractivity contribution >= 4 is 17.1 Å². The number of hydrogen-bond donors (Lipinski definition) is 1. The van der Waals surface area contributed by atoms with Crippen LogP contribution in [0.25, 0.3) is 0 Å². The highest BCUT2D eigenvalue weighted by atomic mass is 32.2. The van der Waals surface area contributed by atoms with E-state index in [4.69, 9.17) is 10.4 Å². The van der Waals surface area contributed by atoms with Gasteiger partial charge in [0, 0.05) is 4.90 Å². The molecule has 0 bridgehead atoms. The molecule has 4 heteroatoms. The summed E-state index contributed by atoms with van der Waals surface area (Å²) >= 11 is 0.644. The van der Waals surface area contributed by atoms with Crippen LogP contribution in [0, 0.1) is 11.3 Å². The fourth-order valence-corrected chi connectivity index (χ4v) is 1.30. The first kappa shape index (κ1) is 8.62. The molecule has 0 unspecified atom stereocenters. The Morgan fingerprint density at radius 3 is 2.75 bits per heavy atom. The first-order valence-electron chi connectivity index (χ1n) is 3.14. The Morgan fingerprint density at radius 2 is 2.17 bits per heavy atom. The number of hydrogen-bond acceptors (Lipinski definition) is 3. The Morgan fingerprint density at radius 1 is 1.50 bits per heavy atom. The lowest BCUT2D eigenvalue weighted by Crippen LogP contribution is -1.86. The molecule has 0 aliphatic carbocycles. The Balaban J connectivity index is 2.99. The molecule has 0 saturated carbocycles. The van der Waals surface area contributed by atoms with Gasteiger partial charge in [0.2, 0.25) is 0 Å². The summed E-state index contributed by atoms with van der Waals surface area (Å²) in [5.74, 6) is 0. The second kappa shape index (κ2) is 3.79. The summed E-state index contributed by atoms with van der Waals surface area (Å²) in [6.07, 6.45) is 0. The van der Waals surface area contributed by atoms with Crippen LogP contribution in [0.4, 0.5) is 4.79 Å². The van der Waals surface area contributed by atoms with Gasteiger partial charge in [0.05, 0.1) is 5.56 Å². The van der Waals surface area contributed by atoms with Crippen LogP contribution >= 0.6 is 11.8 Å². The molecule has 1 N–H and O–H groups in total. The van der Waals surface area contributed by atoms with Crippen molar-refractivity contribution in [2.24, 2.45) is 0 Å². The number of rotatable bonds is 1. The molecule has 0 heterocycles. The molecule has 1 rings (SSSR count). The molecule has 0 aliphatic rings. The molecule has 60 valence electrons. The van der Waals surface area contributed by atoms with E-state index in [2.05, 4.69) is 0 Å². The molecule has 1 aromatic rings. The van der Waals surface area contributed by atoms with E-state index in [0.29, 0.717) is 22.2 Å². The van der Waals surface area contributed by atoms with E-state index in [1.807, 2.05) is 6.07 Å². The Kier molecular flexibility index (Phi) is 2.72. The molecule has 1 aromatic carbocycles. The average Bonchev–Trinajstić information content (AvgIpc) is 2.04. The summed E-state index contributed by atoms with van der Waals surface area (Å²) in [5.41, 5.74) is 0.393. The Labute approximate surface area is 73.6 Å². The summed E-state index contributed by atoms with van der Waals surface area (Å²) in [5, 5.41) is 16.0. The zero-order valence-corrected chi connectivity index (χ0v) is 6.84. The van der Waals surface area contributed by atoms with Crippen molar-refractivity contribution in [3.05, 3.63) is 29.8 Å². The minimum Gasteiger partial charge on any atom is -0.473 e. The van der Waals surface area contributed by atoms with Crippen LogP contribution in [0.1, 0.15) is 5.56 Å². The van der Waals surface area contributed by atoms with E-state index in [9.17, 15) is 4.79 Å². The summed E-state index contributed by atoms with van der Waals surface area (Å²) in [7, 11) is 0. The van der Waals surface area contributed by atoms with E-state index in [-0.39, 0.29) is 0 Å². The second-order valence-electron chi connectivity index (χ2n) is 1.98. The molecule has 0 spiro atoms. The number of thioether (sulfide) groups is 1. The molecule has 0 fully saturated rings. The van der Waals surface area contributed by atoms with Crippen molar-refractivity contribution in [3.8, 4) is 6.07 Å². The van der Waals surface area contributed by atoms with E-state index in [0.717, 1.165) is 0 Å². The van der Waals surface area contributed by atoms with Crippen molar-refractivity contribution in [1.82, 2.24) is 0 Å². The lowest BCUT2D eigenvalue weighted by atomic mass is 10.2. The first-order chi connectivity index (χ1) is 5.74. The molecule has 3 nitrogen and oxygen atoms in total. The van der Waals surface area contributed by atoms with Gasteiger partial charge in [0.15, 0.2) is 0 Å². The maximum atomic E-state index is 10.3. The highest BCUT2D eigenvalue weighted by molar-refractivity contribution is 8.13. The number of benzene rings is 1. The van der Waals surface area contributed by atoms with Gasteiger partial charge in [-0.1, -0.05) is 12.1 Å². The Bertz CT molecular complexity index is 343. The third kappa shape index (κ3) is 2.01. The van der Waals surface area contributed by atoms with Crippen LogP contribution in [0.15, 0.2) is 29.2 Å². The zero-order chi connectivity index (χ0) is 8.97. The van der Waals surface area contributed by atoms with Gasteiger partial charge < -0.3 is 5.11 Å². The molecule has 0 saturated heterocycles. The SMILES string of the molecule is N#Cc1ccccc1SC(=O)O. The van der Waals surface area contributed by atoms with Crippen LogP contribution in [0.5, 0.6) is 0 Å². The summed E-state index contributed by atoms with van der Waals surface area (Å²) < 4.78 is 0. The molecule has 0 aliphatic heterocycles. The maximum absolute atomic E-state index is 10.3. The molecule has 0 aromatic heterocycles. The number of carboxylic acid groups (broad SMARTS) is 1. The van der Waals surface area contributed by atoms with E-state index in [1.165, 1.54) is 0 Å². The minimum absolute atomic E-state index is 0.393. The molecular formula is C8H5NO2S. The van der Waals surface area contributed by atoms with Crippen molar-refractivity contribution in [2.45, 2.75) is 4.90 Å². The third-order valence-electron chi connectivity index (χ3n) is 1.20. The largest absolute Gasteiger partial charge is 0.473 e. The van der Waals surface area contributed by atoms with Crippen LogP contribution < -0.4 is 0 Å². The monoisotopic (exact) mass is 179 g/mol. The van der Waals surface area contributed by atoms with E-state index < -0.39 is 5.30 Å². The molecule has 0 radical (unpaired) electrons. The normalized spacial score (nSPS) is 8.92. The fraction of sp³-hybridized carbons (Fsp3) is 0. The maximum Gasteiger partial charge on any atom is 0.369 e. The number of carbonyl (C=O) groups is 1. The van der Waals surface area contributed by atoms with Crippen molar-refractivity contribution in [3.63, 3.8) is 0 Å². The van der Waals surface area contributed by atoms with Crippen LogP contribution in [0.3, 0.4) is 0 Å². The van der Waals surface area contributed by atoms with Gasteiger partial charge in [-0.05, 0) is 23.9 Å². The smallest absolute Gasteiger partial charge is 0.369 e. The quantitative estimate of drug-likeness (QED) is 0.672. The van der Waals surface area contributed by atoms with Gasteiger partial charge in [-0.25, -0.2) is 4.79 Å². The molecule has 12 heavy (non-hydrogen) atoms. The van der Waals surface area contributed by atoms with Gasteiger partial charge >= 0.3 is 5.30 Å². The Hall–Kier alpha value is -1.47. The molecular weight excluding hydrogens is 174 g/mol. The number of nitrogens with zero attached hydrogens (tertiary/aromatic N) is 1. The van der Waals surface area contributed by atoms with Gasteiger partial charge in [-0.2, -0.15) is 5.26 Å². The predicted molar refractivity (Wildman–Crippen MR) is 45.0 cm³/mol.